The number of methoxy groups -OCH3 is 3. The Labute approximate surface area is 226 Å². The molecule has 0 N–H and O–H groups in total. The highest BCUT2D eigenvalue weighted by Crippen LogP contribution is 2.44. The number of hydrogen-bond donors (Lipinski definition) is 0. The van der Waals surface area contributed by atoms with E-state index in [2.05, 4.69) is 4.90 Å². The van der Waals surface area contributed by atoms with Gasteiger partial charge in [0.2, 0.25) is 17.6 Å². The summed E-state index contributed by atoms with van der Waals surface area (Å²) in [6.45, 7) is 1.93. The molecule has 1 aromatic heterocycles. The molecule has 0 spiro atoms. The van der Waals surface area contributed by atoms with Crippen LogP contribution in [0.5, 0.6) is 17.2 Å². The molecular weight excluding hydrogens is 504 g/mol. The fraction of sp³-hybridized carbons (Fsp3) is 0.500. The summed E-state index contributed by atoms with van der Waals surface area (Å²) in [6, 6.07) is 8.14. The van der Waals surface area contributed by atoms with Crippen LogP contribution < -0.4 is 19.8 Å². The second-order valence-corrected chi connectivity index (χ2v) is 10.7. The number of piperidine rings is 1. The molecule has 11 nitrogen and oxygen atoms in total. The minimum atomic E-state index is -1.58. The molecular formula is C28H34N4O7. The molecule has 2 atom stereocenters. The zero-order chi connectivity index (χ0) is 28.1. The smallest absolute Gasteiger partial charge is 0.332 e. The van der Waals surface area contributed by atoms with Crippen LogP contribution in [0.2, 0.25) is 0 Å². The molecule has 208 valence electrons. The molecule has 3 aliphatic rings. The number of barbiturate groups is 1. The van der Waals surface area contributed by atoms with Crippen LogP contribution in [0, 0.1) is 11.3 Å². The van der Waals surface area contributed by atoms with Crippen molar-refractivity contribution in [1.29, 1.82) is 0 Å². The van der Waals surface area contributed by atoms with Gasteiger partial charge in [-0.15, -0.1) is 0 Å². The van der Waals surface area contributed by atoms with E-state index >= 15 is 0 Å². The van der Waals surface area contributed by atoms with E-state index in [1.165, 1.54) is 35.4 Å². The maximum atomic E-state index is 13.9. The van der Waals surface area contributed by atoms with Gasteiger partial charge in [0.25, 0.3) is 5.56 Å². The third-order valence-corrected chi connectivity index (χ3v) is 8.33. The highest BCUT2D eigenvalue weighted by molar-refractivity contribution is 6.19. The molecule has 11 heteroatoms. The molecule has 2 fully saturated rings. The lowest BCUT2D eigenvalue weighted by Crippen LogP contribution is -2.67. The van der Waals surface area contributed by atoms with E-state index < -0.39 is 23.3 Å². The van der Waals surface area contributed by atoms with Crippen LogP contribution in [0.25, 0.3) is 0 Å². The summed E-state index contributed by atoms with van der Waals surface area (Å²) in [5, 5.41) is 0. The summed E-state index contributed by atoms with van der Waals surface area (Å²) in [7, 11) is 7.31. The van der Waals surface area contributed by atoms with E-state index in [1.54, 1.807) is 24.3 Å². The monoisotopic (exact) mass is 538 g/mol. The summed E-state index contributed by atoms with van der Waals surface area (Å²) in [5.41, 5.74) is -0.0225. The van der Waals surface area contributed by atoms with Crippen LogP contribution in [0.3, 0.4) is 0 Å². The maximum Gasteiger partial charge on any atom is 0.332 e. The normalized spacial score (nSPS) is 22.5. The van der Waals surface area contributed by atoms with E-state index in [0.29, 0.717) is 42.4 Å². The fourth-order valence-electron chi connectivity index (χ4n) is 6.61. The van der Waals surface area contributed by atoms with E-state index in [4.69, 9.17) is 14.2 Å². The molecule has 2 aromatic rings. The Kier molecular flexibility index (Phi) is 6.88. The number of likely N-dealkylation sites (tertiary alicyclic amines) is 1. The summed E-state index contributed by atoms with van der Waals surface area (Å²) >= 11 is 0. The van der Waals surface area contributed by atoms with Crippen molar-refractivity contribution < 1.29 is 28.6 Å². The number of imide groups is 2. The Morgan fingerprint density at radius 2 is 1.54 bits per heavy atom. The van der Waals surface area contributed by atoms with Crippen molar-refractivity contribution in [3.8, 4) is 17.2 Å². The molecule has 0 aliphatic carbocycles. The SMILES string of the molecule is COc1ccc(CC2(CN3C[C@@H]4C[C@H](C3)c3cccc(=O)n3C4)C(=O)N(C)C(=O)N(C)C2=O)c(OC)c1OC. The maximum absolute atomic E-state index is 13.9. The highest BCUT2D eigenvalue weighted by Gasteiger charge is 2.57. The number of rotatable bonds is 7. The average molecular weight is 539 g/mol. The lowest BCUT2D eigenvalue weighted by molar-refractivity contribution is -0.159. The first-order chi connectivity index (χ1) is 18.6. The van der Waals surface area contributed by atoms with Gasteiger partial charge in [-0.1, -0.05) is 12.1 Å². The summed E-state index contributed by atoms with van der Waals surface area (Å²) in [5.74, 6) is 0.369. The number of hydrogen-bond acceptors (Lipinski definition) is 8. The molecule has 4 heterocycles. The number of carbonyl (C=O) groups excluding carboxylic acids is 3. The first-order valence-corrected chi connectivity index (χ1v) is 12.9. The minimum absolute atomic E-state index is 0.00195. The van der Waals surface area contributed by atoms with Crippen LogP contribution in [-0.2, 0) is 22.6 Å². The Hall–Kier alpha value is -3.86. The lowest BCUT2D eigenvalue weighted by Gasteiger charge is -2.48. The van der Waals surface area contributed by atoms with Crippen molar-refractivity contribution in [1.82, 2.24) is 19.3 Å². The van der Waals surface area contributed by atoms with Crippen molar-refractivity contribution in [3.05, 3.63) is 51.9 Å². The van der Waals surface area contributed by atoms with Crippen LogP contribution in [-0.4, -0.2) is 92.2 Å². The van der Waals surface area contributed by atoms with E-state index in [-0.39, 0.29) is 30.4 Å². The summed E-state index contributed by atoms with van der Waals surface area (Å²) < 4.78 is 18.5. The summed E-state index contributed by atoms with van der Waals surface area (Å²) in [4.78, 5) is 57.3. The van der Waals surface area contributed by atoms with Crippen LogP contribution in [0.4, 0.5) is 4.79 Å². The first-order valence-electron chi connectivity index (χ1n) is 12.9. The Balaban J connectivity index is 1.56. The van der Waals surface area contributed by atoms with E-state index in [1.807, 2.05) is 10.6 Å². The number of amides is 4. The minimum Gasteiger partial charge on any atom is -0.493 e. The molecule has 2 saturated heterocycles. The zero-order valence-corrected chi connectivity index (χ0v) is 22.9. The van der Waals surface area contributed by atoms with Gasteiger partial charge in [-0.2, -0.15) is 0 Å². The van der Waals surface area contributed by atoms with E-state index in [9.17, 15) is 19.2 Å². The standard InChI is InChI=1S/C28H34N4O7/c1-29-25(34)28(26(35)30(2)27(29)36,12-18-9-10-21(37-3)24(39-5)23(18)38-4)16-31-13-17-11-19(15-31)20-7-6-8-22(33)32(20)14-17/h6-10,17,19H,11-16H2,1-5H3/t17-,19+/m0/s1. The lowest BCUT2D eigenvalue weighted by atomic mass is 9.75. The average Bonchev–Trinajstić information content (AvgIpc) is 2.94. The molecule has 2 bridgehead atoms. The topological polar surface area (TPSA) is 111 Å². The van der Waals surface area contributed by atoms with Crippen molar-refractivity contribution in [2.45, 2.75) is 25.3 Å². The number of ether oxygens (including phenoxy) is 3. The quantitative estimate of drug-likeness (QED) is 0.489. The van der Waals surface area contributed by atoms with Crippen LogP contribution >= 0.6 is 0 Å². The van der Waals surface area contributed by atoms with Crippen molar-refractivity contribution in [2.24, 2.45) is 11.3 Å². The molecule has 0 saturated carbocycles. The Bertz CT molecular complexity index is 1360. The first kappa shape index (κ1) is 26.7. The van der Waals surface area contributed by atoms with Gasteiger partial charge in [0.1, 0.15) is 5.41 Å². The number of fused-ring (bicyclic) bond motifs is 4. The largest absolute Gasteiger partial charge is 0.493 e. The predicted octanol–water partition coefficient (Wildman–Crippen LogP) is 1.57. The third kappa shape index (κ3) is 4.25. The molecule has 3 aliphatic heterocycles. The predicted molar refractivity (Wildman–Crippen MR) is 141 cm³/mol. The number of pyridine rings is 1. The fourth-order valence-corrected chi connectivity index (χ4v) is 6.61. The van der Waals surface area contributed by atoms with Crippen LogP contribution in [0.15, 0.2) is 35.1 Å². The third-order valence-electron chi connectivity index (χ3n) is 8.33. The van der Waals surface area contributed by atoms with Gasteiger partial charge < -0.3 is 23.7 Å². The number of carbonyl (C=O) groups is 3. The number of nitrogens with zero attached hydrogens (tertiary/aromatic N) is 4. The Morgan fingerprint density at radius 1 is 0.846 bits per heavy atom. The molecule has 39 heavy (non-hydrogen) atoms. The molecule has 4 amide bonds. The van der Waals surface area contributed by atoms with Gasteiger partial charge in [0, 0.05) is 64.4 Å². The van der Waals surface area contributed by atoms with Gasteiger partial charge in [-0.3, -0.25) is 24.2 Å². The molecule has 5 rings (SSSR count). The van der Waals surface area contributed by atoms with Gasteiger partial charge in [0.15, 0.2) is 11.5 Å². The van der Waals surface area contributed by atoms with Crippen LogP contribution in [0.1, 0.15) is 23.6 Å². The Morgan fingerprint density at radius 3 is 2.18 bits per heavy atom. The van der Waals surface area contributed by atoms with Gasteiger partial charge in [-0.25, -0.2) is 4.79 Å². The second-order valence-electron chi connectivity index (χ2n) is 10.7. The van der Waals surface area contributed by atoms with Crippen molar-refractivity contribution in [2.75, 3.05) is 55.1 Å². The number of urea groups is 1. The number of aromatic nitrogens is 1. The number of benzene rings is 1. The highest BCUT2D eigenvalue weighted by atomic mass is 16.5. The van der Waals surface area contributed by atoms with Crippen molar-refractivity contribution >= 4 is 17.8 Å². The molecule has 0 unspecified atom stereocenters. The van der Waals surface area contributed by atoms with Crippen molar-refractivity contribution in [3.63, 3.8) is 0 Å². The van der Waals surface area contributed by atoms with Gasteiger partial charge in [0.05, 0.1) is 21.3 Å². The van der Waals surface area contributed by atoms with Gasteiger partial charge in [-0.05, 0) is 30.0 Å². The van der Waals surface area contributed by atoms with Gasteiger partial charge >= 0.3 is 6.03 Å². The molecule has 1 aromatic carbocycles. The second kappa shape index (κ2) is 10.0. The summed E-state index contributed by atoms with van der Waals surface area (Å²) in [6.07, 6.45) is 0.939. The molecule has 0 radical (unpaired) electrons. The zero-order valence-electron chi connectivity index (χ0n) is 22.9. The van der Waals surface area contributed by atoms with E-state index in [0.717, 1.165) is 21.9 Å².